The lowest BCUT2D eigenvalue weighted by Gasteiger charge is -2.14. The molecule has 2 N–H and O–H groups in total. The smallest absolute Gasteiger partial charge is 0.321 e. The van der Waals surface area contributed by atoms with Crippen LogP contribution >= 0.6 is 0 Å². The van der Waals surface area contributed by atoms with Crippen LogP contribution < -0.4 is 4.72 Å². The molecule has 1 saturated carbocycles. The minimum atomic E-state index is -3.42. The standard InChI is InChI=1S/C10H19NO4S/c1-2-3-4-9(10(12)13)11-16(14,15)7-8-5-6-8/h8-9,11H,2-7H2,1H3,(H,12,13)/t9-/m0/s1. The van der Waals surface area contributed by atoms with Crippen molar-refractivity contribution in [1.82, 2.24) is 4.72 Å². The van der Waals surface area contributed by atoms with Crippen molar-refractivity contribution in [3.8, 4) is 0 Å². The highest BCUT2D eigenvalue weighted by Crippen LogP contribution is 2.30. The normalized spacial score (nSPS) is 18.3. The Morgan fingerprint density at radius 1 is 1.50 bits per heavy atom. The first-order valence-electron chi connectivity index (χ1n) is 5.67. The van der Waals surface area contributed by atoms with Crippen molar-refractivity contribution in [2.24, 2.45) is 5.92 Å². The molecule has 0 heterocycles. The van der Waals surface area contributed by atoms with Gasteiger partial charge in [-0.25, -0.2) is 13.1 Å². The summed E-state index contributed by atoms with van der Waals surface area (Å²) >= 11 is 0. The van der Waals surface area contributed by atoms with Gasteiger partial charge in [0.1, 0.15) is 6.04 Å². The van der Waals surface area contributed by atoms with Crippen LogP contribution in [0.3, 0.4) is 0 Å². The summed E-state index contributed by atoms with van der Waals surface area (Å²) in [5, 5.41) is 8.89. The van der Waals surface area contributed by atoms with Crippen molar-refractivity contribution < 1.29 is 18.3 Å². The summed E-state index contributed by atoms with van der Waals surface area (Å²) in [6.07, 6.45) is 3.80. The van der Waals surface area contributed by atoms with Crippen LogP contribution in [0.5, 0.6) is 0 Å². The number of carbonyl (C=O) groups is 1. The molecule has 94 valence electrons. The third kappa shape index (κ3) is 4.94. The summed E-state index contributed by atoms with van der Waals surface area (Å²) in [4.78, 5) is 10.9. The zero-order valence-corrected chi connectivity index (χ0v) is 10.3. The first-order chi connectivity index (χ1) is 7.44. The van der Waals surface area contributed by atoms with Gasteiger partial charge in [-0.15, -0.1) is 0 Å². The van der Waals surface area contributed by atoms with Crippen molar-refractivity contribution in [1.29, 1.82) is 0 Å². The van der Waals surface area contributed by atoms with E-state index < -0.39 is 22.0 Å². The van der Waals surface area contributed by atoms with E-state index in [0.717, 1.165) is 19.3 Å². The van der Waals surface area contributed by atoms with E-state index in [9.17, 15) is 13.2 Å². The maximum Gasteiger partial charge on any atom is 0.321 e. The largest absolute Gasteiger partial charge is 0.480 e. The number of carboxylic acid groups (broad SMARTS) is 1. The minimum Gasteiger partial charge on any atom is -0.480 e. The Balaban J connectivity index is 2.48. The molecule has 0 aliphatic heterocycles. The minimum absolute atomic E-state index is 0.0723. The average Bonchev–Trinajstić information content (AvgIpc) is 2.94. The van der Waals surface area contributed by atoms with Gasteiger partial charge in [-0.2, -0.15) is 0 Å². The quantitative estimate of drug-likeness (QED) is 0.671. The molecule has 1 fully saturated rings. The van der Waals surface area contributed by atoms with Crippen LogP contribution in [0.1, 0.15) is 39.0 Å². The number of nitrogens with one attached hydrogen (secondary N) is 1. The molecule has 1 rings (SSSR count). The van der Waals surface area contributed by atoms with Crippen LogP contribution in [0.4, 0.5) is 0 Å². The SMILES string of the molecule is CCCC[C@H](NS(=O)(=O)CC1CC1)C(=O)O. The number of aliphatic carboxylic acids is 1. The fourth-order valence-electron chi connectivity index (χ4n) is 1.50. The molecule has 0 aromatic carbocycles. The molecule has 0 bridgehead atoms. The number of carboxylic acids is 1. The van der Waals surface area contributed by atoms with Gasteiger partial charge in [0.05, 0.1) is 5.75 Å². The molecule has 6 heteroatoms. The van der Waals surface area contributed by atoms with Crippen molar-refractivity contribution >= 4 is 16.0 Å². The first kappa shape index (κ1) is 13.4. The summed E-state index contributed by atoms with van der Waals surface area (Å²) in [6.45, 7) is 1.94. The Bertz CT molecular complexity index is 335. The molecule has 0 aromatic heterocycles. The van der Waals surface area contributed by atoms with Gasteiger partial charge in [0, 0.05) is 0 Å². The lowest BCUT2D eigenvalue weighted by molar-refractivity contribution is -0.139. The van der Waals surface area contributed by atoms with Gasteiger partial charge in [0.25, 0.3) is 0 Å². The van der Waals surface area contributed by atoms with Crippen molar-refractivity contribution in [3.63, 3.8) is 0 Å². The fourth-order valence-corrected chi connectivity index (χ4v) is 3.20. The van der Waals surface area contributed by atoms with Gasteiger partial charge >= 0.3 is 5.97 Å². The van der Waals surface area contributed by atoms with Gasteiger partial charge in [0.15, 0.2) is 0 Å². The molecule has 16 heavy (non-hydrogen) atoms. The third-order valence-corrected chi connectivity index (χ3v) is 4.17. The molecule has 1 aliphatic rings. The van der Waals surface area contributed by atoms with E-state index in [4.69, 9.17) is 5.11 Å². The van der Waals surface area contributed by atoms with Gasteiger partial charge in [0.2, 0.25) is 10.0 Å². The second kappa shape index (κ2) is 5.63. The first-order valence-corrected chi connectivity index (χ1v) is 7.32. The van der Waals surface area contributed by atoms with E-state index >= 15 is 0 Å². The highest BCUT2D eigenvalue weighted by atomic mass is 32.2. The topological polar surface area (TPSA) is 83.5 Å². The summed E-state index contributed by atoms with van der Waals surface area (Å²) in [5.41, 5.74) is 0. The average molecular weight is 249 g/mol. The number of sulfonamides is 1. The van der Waals surface area contributed by atoms with E-state index in [2.05, 4.69) is 4.72 Å². The van der Waals surface area contributed by atoms with Crippen molar-refractivity contribution in [2.45, 2.75) is 45.1 Å². The summed E-state index contributed by atoms with van der Waals surface area (Å²) < 4.78 is 25.4. The van der Waals surface area contributed by atoms with Gasteiger partial charge in [-0.1, -0.05) is 19.8 Å². The van der Waals surface area contributed by atoms with E-state index in [0.29, 0.717) is 12.8 Å². The van der Waals surface area contributed by atoms with E-state index in [1.54, 1.807) is 0 Å². The summed E-state index contributed by atoms with van der Waals surface area (Å²) in [6, 6.07) is -0.969. The molecule has 0 aromatic rings. The van der Waals surface area contributed by atoms with Crippen molar-refractivity contribution in [2.75, 3.05) is 5.75 Å². The molecular weight excluding hydrogens is 230 g/mol. The number of unbranched alkanes of at least 4 members (excludes halogenated alkanes) is 1. The molecule has 1 aliphatic carbocycles. The van der Waals surface area contributed by atoms with Crippen LogP contribution in [0.25, 0.3) is 0 Å². The Morgan fingerprint density at radius 3 is 2.56 bits per heavy atom. The Morgan fingerprint density at radius 2 is 2.12 bits per heavy atom. The van der Waals surface area contributed by atoms with Crippen LogP contribution in [-0.4, -0.2) is 31.3 Å². The highest BCUT2D eigenvalue weighted by molar-refractivity contribution is 7.89. The molecule has 5 nitrogen and oxygen atoms in total. The van der Waals surface area contributed by atoms with Gasteiger partial charge in [-0.3, -0.25) is 4.79 Å². The zero-order valence-electron chi connectivity index (χ0n) is 9.48. The monoisotopic (exact) mass is 249 g/mol. The lowest BCUT2D eigenvalue weighted by Crippen LogP contribution is -2.42. The zero-order chi connectivity index (χ0) is 12.2. The molecule has 0 unspecified atom stereocenters. The second-order valence-corrected chi connectivity index (χ2v) is 6.17. The summed E-state index contributed by atoms with van der Waals surface area (Å²) in [7, 11) is -3.42. The third-order valence-electron chi connectivity index (χ3n) is 2.62. The molecule has 1 atom stereocenters. The van der Waals surface area contributed by atoms with E-state index in [-0.39, 0.29) is 11.7 Å². The Labute approximate surface area is 96.3 Å². The van der Waals surface area contributed by atoms with Crippen molar-refractivity contribution in [3.05, 3.63) is 0 Å². The maximum absolute atomic E-state index is 11.6. The van der Waals surface area contributed by atoms with E-state index in [1.807, 2.05) is 6.92 Å². The molecule has 0 spiro atoms. The fraction of sp³-hybridized carbons (Fsp3) is 0.900. The lowest BCUT2D eigenvalue weighted by atomic mass is 10.1. The number of hydrogen-bond acceptors (Lipinski definition) is 3. The van der Waals surface area contributed by atoms with E-state index in [1.165, 1.54) is 0 Å². The molecule has 0 amide bonds. The highest BCUT2D eigenvalue weighted by Gasteiger charge is 2.30. The van der Waals surface area contributed by atoms with Crippen LogP contribution in [0, 0.1) is 5.92 Å². The van der Waals surface area contributed by atoms with Crippen LogP contribution in [0.15, 0.2) is 0 Å². The summed E-state index contributed by atoms with van der Waals surface area (Å²) in [5.74, 6) is -0.783. The molecular formula is C10H19NO4S. The Hall–Kier alpha value is -0.620. The maximum atomic E-state index is 11.6. The number of rotatable bonds is 8. The molecule has 0 radical (unpaired) electrons. The second-order valence-electron chi connectivity index (χ2n) is 4.38. The number of hydrogen-bond donors (Lipinski definition) is 2. The van der Waals surface area contributed by atoms with Gasteiger partial charge in [-0.05, 0) is 25.2 Å². The molecule has 0 saturated heterocycles. The van der Waals surface area contributed by atoms with Gasteiger partial charge < -0.3 is 5.11 Å². The Kier molecular flexibility index (Phi) is 4.73. The predicted octanol–water partition coefficient (Wildman–Crippen LogP) is 0.959. The van der Waals surface area contributed by atoms with Crippen LogP contribution in [0.2, 0.25) is 0 Å². The predicted molar refractivity (Wildman–Crippen MR) is 60.6 cm³/mol. The van der Waals surface area contributed by atoms with Crippen LogP contribution in [-0.2, 0) is 14.8 Å².